The van der Waals surface area contributed by atoms with Gasteiger partial charge in [-0.1, -0.05) is 18.6 Å². The van der Waals surface area contributed by atoms with Gasteiger partial charge in [0.25, 0.3) is 5.91 Å². The van der Waals surface area contributed by atoms with Crippen molar-refractivity contribution in [3.8, 4) is 6.07 Å². The van der Waals surface area contributed by atoms with E-state index in [9.17, 15) is 18.0 Å². The van der Waals surface area contributed by atoms with Crippen LogP contribution in [0.5, 0.6) is 0 Å². The van der Waals surface area contributed by atoms with Gasteiger partial charge in [-0.05, 0) is 62.6 Å². The summed E-state index contributed by atoms with van der Waals surface area (Å²) in [5, 5.41) is 11.5. The van der Waals surface area contributed by atoms with Crippen LogP contribution in [-0.4, -0.2) is 43.8 Å². The van der Waals surface area contributed by atoms with Crippen LogP contribution >= 0.6 is 0 Å². The lowest BCUT2D eigenvalue weighted by Crippen LogP contribution is -2.36. The van der Waals surface area contributed by atoms with Crippen LogP contribution in [0.15, 0.2) is 47.4 Å². The smallest absolute Gasteiger partial charge is 0.338 e. The van der Waals surface area contributed by atoms with E-state index in [1.54, 1.807) is 31.2 Å². The summed E-state index contributed by atoms with van der Waals surface area (Å²) in [4.78, 5) is 25.1. The molecule has 0 unspecified atom stereocenters. The minimum absolute atomic E-state index is 0.0531. The maximum Gasteiger partial charge on any atom is 0.338 e. The van der Waals surface area contributed by atoms with Crippen molar-refractivity contribution in [2.75, 3.05) is 18.4 Å². The van der Waals surface area contributed by atoms with E-state index in [0.29, 0.717) is 29.9 Å². The van der Waals surface area contributed by atoms with Crippen LogP contribution in [0.25, 0.3) is 0 Å². The number of anilines is 1. The summed E-state index contributed by atoms with van der Waals surface area (Å²) in [6.45, 7) is 4.01. The Kier molecular flexibility index (Phi) is 7.28. The number of carbonyl (C=O) groups excluding carboxylic acids is 2. The number of piperidine rings is 1. The fourth-order valence-corrected chi connectivity index (χ4v) is 5.21. The Morgan fingerprint density at radius 3 is 2.53 bits per heavy atom. The van der Waals surface area contributed by atoms with Crippen LogP contribution in [0.3, 0.4) is 0 Å². The lowest BCUT2D eigenvalue weighted by atomic mass is 10.1. The summed E-state index contributed by atoms with van der Waals surface area (Å²) in [7, 11) is -3.72. The average Bonchev–Trinajstić information content (AvgIpc) is 2.79. The fourth-order valence-electron chi connectivity index (χ4n) is 3.44. The lowest BCUT2D eigenvalue weighted by molar-refractivity contribution is -0.123. The predicted octanol–water partition coefficient (Wildman–Crippen LogP) is 3.23. The molecule has 1 aliphatic rings. The summed E-state index contributed by atoms with van der Waals surface area (Å²) in [6, 6.07) is 12.7. The maximum absolute atomic E-state index is 13.1. The molecule has 0 aliphatic carbocycles. The highest BCUT2D eigenvalue weighted by atomic mass is 32.2. The summed E-state index contributed by atoms with van der Waals surface area (Å²) < 4.78 is 32.8. The summed E-state index contributed by atoms with van der Waals surface area (Å²) in [5.74, 6) is -1.37. The van der Waals surface area contributed by atoms with E-state index in [1.807, 2.05) is 6.07 Å². The first-order valence-corrected chi connectivity index (χ1v) is 11.8. The second kappa shape index (κ2) is 9.94. The highest BCUT2D eigenvalue weighted by Gasteiger charge is 2.29. The molecule has 0 bridgehead atoms. The molecule has 1 atom stereocenters. The Morgan fingerprint density at radius 1 is 1.12 bits per heavy atom. The van der Waals surface area contributed by atoms with Crippen LogP contribution in [0, 0.1) is 18.3 Å². The SMILES string of the molecule is Cc1ccc(C(=O)O[C@@H](C)C(=O)Nc2cccc(C#N)c2)cc1S(=O)(=O)N1CCCCC1. The van der Waals surface area contributed by atoms with Crippen molar-refractivity contribution >= 4 is 27.6 Å². The molecule has 8 nitrogen and oxygen atoms in total. The van der Waals surface area contributed by atoms with Gasteiger partial charge in [0.2, 0.25) is 10.0 Å². The average molecular weight is 456 g/mol. The highest BCUT2D eigenvalue weighted by molar-refractivity contribution is 7.89. The number of hydrogen-bond donors (Lipinski definition) is 1. The molecule has 0 aromatic heterocycles. The van der Waals surface area contributed by atoms with Crippen LogP contribution in [0.1, 0.15) is 47.7 Å². The Balaban J connectivity index is 1.72. The first-order valence-electron chi connectivity index (χ1n) is 10.3. The zero-order chi connectivity index (χ0) is 23.3. The van der Waals surface area contributed by atoms with Crippen molar-refractivity contribution in [1.82, 2.24) is 4.31 Å². The largest absolute Gasteiger partial charge is 0.449 e. The second-order valence-corrected chi connectivity index (χ2v) is 9.58. The monoisotopic (exact) mass is 455 g/mol. The number of aryl methyl sites for hydroxylation is 1. The van der Waals surface area contributed by atoms with Gasteiger partial charge in [0.1, 0.15) is 0 Å². The van der Waals surface area contributed by atoms with E-state index in [2.05, 4.69) is 5.32 Å². The number of nitriles is 1. The quantitative estimate of drug-likeness (QED) is 0.669. The van der Waals surface area contributed by atoms with Crippen molar-refractivity contribution in [3.63, 3.8) is 0 Å². The van der Waals surface area contributed by atoms with E-state index >= 15 is 0 Å². The third-order valence-electron chi connectivity index (χ3n) is 5.27. The number of amides is 1. The number of carbonyl (C=O) groups is 2. The number of sulfonamides is 1. The normalized spacial score (nSPS) is 15.4. The summed E-state index contributed by atoms with van der Waals surface area (Å²) in [6.07, 6.45) is 1.49. The standard InChI is InChI=1S/C23H25N3O5S/c1-16-9-10-19(14-21(16)32(29,30)26-11-4-3-5-12-26)23(28)31-17(2)22(27)25-20-8-6-7-18(13-20)15-24/h6-10,13-14,17H,3-5,11-12H2,1-2H3,(H,25,27)/t17-/m0/s1. The van der Waals surface area contributed by atoms with Gasteiger partial charge in [-0.2, -0.15) is 9.57 Å². The number of nitrogens with zero attached hydrogens (tertiary/aromatic N) is 2. The minimum Gasteiger partial charge on any atom is -0.449 e. The minimum atomic E-state index is -3.72. The highest BCUT2D eigenvalue weighted by Crippen LogP contribution is 2.25. The molecule has 2 aromatic carbocycles. The van der Waals surface area contributed by atoms with Gasteiger partial charge >= 0.3 is 5.97 Å². The van der Waals surface area contributed by atoms with Gasteiger partial charge in [0, 0.05) is 18.8 Å². The number of benzene rings is 2. The van der Waals surface area contributed by atoms with Gasteiger partial charge in [-0.15, -0.1) is 0 Å². The van der Waals surface area contributed by atoms with Gasteiger partial charge in [-0.25, -0.2) is 13.2 Å². The lowest BCUT2D eigenvalue weighted by Gasteiger charge is -2.26. The zero-order valence-electron chi connectivity index (χ0n) is 18.0. The van der Waals surface area contributed by atoms with E-state index in [1.165, 1.54) is 29.4 Å². The van der Waals surface area contributed by atoms with Gasteiger partial charge in [-0.3, -0.25) is 4.79 Å². The molecule has 2 aromatic rings. The number of rotatable bonds is 6. The molecule has 1 heterocycles. The van der Waals surface area contributed by atoms with Crippen LogP contribution in [-0.2, 0) is 19.6 Å². The molecule has 0 radical (unpaired) electrons. The summed E-state index contributed by atoms with van der Waals surface area (Å²) in [5.41, 5.74) is 1.38. The number of esters is 1. The molecule has 1 fully saturated rings. The molecular formula is C23H25N3O5S. The molecule has 0 spiro atoms. The van der Waals surface area contributed by atoms with Gasteiger partial charge in [0.15, 0.2) is 6.10 Å². The Bertz CT molecular complexity index is 1160. The van der Waals surface area contributed by atoms with Gasteiger partial charge < -0.3 is 10.1 Å². The molecule has 1 saturated heterocycles. The Labute approximate surface area is 187 Å². The van der Waals surface area contributed by atoms with Crippen LogP contribution < -0.4 is 5.32 Å². The number of hydrogen-bond acceptors (Lipinski definition) is 6. The van der Waals surface area contributed by atoms with Crippen LogP contribution in [0.4, 0.5) is 5.69 Å². The Hall–Kier alpha value is -3.22. The second-order valence-electron chi connectivity index (χ2n) is 7.67. The molecule has 168 valence electrons. The van der Waals surface area contributed by atoms with Crippen molar-refractivity contribution in [1.29, 1.82) is 5.26 Å². The zero-order valence-corrected chi connectivity index (χ0v) is 18.8. The molecule has 0 saturated carbocycles. The maximum atomic E-state index is 13.1. The molecule has 1 amide bonds. The molecule has 3 rings (SSSR count). The molecular weight excluding hydrogens is 430 g/mol. The van der Waals surface area contributed by atoms with E-state index < -0.39 is 28.0 Å². The summed E-state index contributed by atoms with van der Waals surface area (Å²) >= 11 is 0. The molecule has 32 heavy (non-hydrogen) atoms. The predicted molar refractivity (Wildman–Crippen MR) is 118 cm³/mol. The van der Waals surface area contributed by atoms with E-state index in [0.717, 1.165) is 19.3 Å². The number of nitrogens with one attached hydrogen (secondary N) is 1. The molecule has 1 N–H and O–H groups in total. The van der Waals surface area contributed by atoms with E-state index in [-0.39, 0.29) is 10.5 Å². The molecule has 9 heteroatoms. The first kappa shape index (κ1) is 23.4. The van der Waals surface area contributed by atoms with Gasteiger partial charge in [0.05, 0.1) is 22.1 Å². The number of ether oxygens (including phenoxy) is 1. The van der Waals surface area contributed by atoms with E-state index in [4.69, 9.17) is 10.00 Å². The topological polar surface area (TPSA) is 117 Å². The Morgan fingerprint density at radius 2 is 1.84 bits per heavy atom. The van der Waals surface area contributed by atoms with Crippen molar-refractivity contribution in [3.05, 3.63) is 59.2 Å². The van der Waals surface area contributed by atoms with Crippen molar-refractivity contribution in [2.24, 2.45) is 0 Å². The third-order valence-corrected chi connectivity index (χ3v) is 7.31. The molecule has 1 aliphatic heterocycles. The van der Waals surface area contributed by atoms with Crippen LogP contribution in [0.2, 0.25) is 0 Å². The third kappa shape index (κ3) is 5.33. The van der Waals surface area contributed by atoms with Crippen molar-refractivity contribution in [2.45, 2.75) is 44.1 Å². The van der Waals surface area contributed by atoms with Crippen molar-refractivity contribution < 1.29 is 22.7 Å². The fraction of sp³-hybridized carbons (Fsp3) is 0.348. The first-order chi connectivity index (χ1) is 15.2.